The molecule has 0 fully saturated rings. The summed E-state index contributed by atoms with van der Waals surface area (Å²) in [4.78, 5) is 0. The first kappa shape index (κ1) is 26.0. The van der Waals surface area contributed by atoms with Crippen LogP contribution in [0.15, 0.2) is 54.6 Å². The molecule has 0 heterocycles. The van der Waals surface area contributed by atoms with Crippen LogP contribution in [0.2, 0.25) is 13.1 Å². The number of halogens is 2. The van der Waals surface area contributed by atoms with E-state index in [1.165, 1.54) is 5.56 Å². The summed E-state index contributed by atoms with van der Waals surface area (Å²) in [5, 5.41) is 0. The molecule has 0 aliphatic carbocycles. The zero-order chi connectivity index (χ0) is 10.6. The molecule has 0 atom stereocenters. The molecule has 1 radical (unpaired) electrons. The molecule has 0 aromatic heterocycles. The van der Waals surface area contributed by atoms with E-state index in [0.29, 0.717) is 0 Å². The van der Waals surface area contributed by atoms with Crippen LogP contribution in [0.1, 0.15) is 5.56 Å². The normalized spacial score (nSPS) is 6.53. The maximum Gasteiger partial charge on any atom is 4.00 e. The summed E-state index contributed by atoms with van der Waals surface area (Å²) in [5.74, 6) is 0. The van der Waals surface area contributed by atoms with Gasteiger partial charge in [-0.05, 0) is 0 Å². The maximum absolute atomic E-state index is 2.21. The van der Waals surface area contributed by atoms with Gasteiger partial charge < -0.3 is 24.8 Å². The van der Waals surface area contributed by atoms with Gasteiger partial charge in [-0.25, -0.2) is 24.3 Å². The molecule has 0 bridgehead atoms. The van der Waals surface area contributed by atoms with Crippen LogP contribution >= 0.6 is 0 Å². The molecule has 0 N–H and O–H groups in total. The minimum Gasteiger partial charge on any atom is -1.00 e. The van der Waals surface area contributed by atoms with E-state index in [9.17, 15) is 0 Å². The molecule has 0 amide bonds. The van der Waals surface area contributed by atoms with Crippen molar-refractivity contribution in [3.8, 4) is 0 Å². The first-order chi connectivity index (χ1) is 6.81. The molecule has 0 saturated carbocycles. The van der Waals surface area contributed by atoms with E-state index in [1.807, 2.05) is 42.5 Å². The fraction of sp³-hybridized carbons (Fsp3) is 0.231. The van der Waals surface area contributed by atoms with Crippen molar-refractivity contribution in [2.75, 3.05) is 0 Å². The SMILES string of the molecule is C[SiH]C.C[c-]1cccc1.[Cl-].[Cl-].[Zr+4].c1cc[cH-]c1. The van der Waals surface area contributed by atoms with Crippen molar-refractivity contribution < 1.29 is 51.0 Å². The average Bonchev–Trinajstić information content (AvgIpc) is 2.78. The summed E-state index contributed by atoms with van der Waals surface area (Å²) in [6, 6.07) is 18.2. The van der Waals surface area contributed by atoms with Gasteiger partial charge in [0, 0.05) is 9.52 Å². The molecular weight excluding hydrogens is 346 g/mol. The second-order valence-electron chi connectivity index (χ2n) is 3.00. The van der Waals surface area contributed by atoms with Crippen molar-refractivity contribution in [2.24, 2.45) is 0 Å². The van der Waals surface area contributed by atoms with Gasteiger partial charge in [0.2, 0.25) is 0 Å². The molecule has 0 aliphatic heterocycles. The van der Waals surface area contributed by atoms with Gasteiger partial charge in [-0.2, -0.15) is 35.9 Å². The molecular formula is C13H19Cl2SiZr. The predicted octanol–water partition coefficient (Wildman–Crippen LogP) is -2.36. The number of aryl methyl sites for hydroxylation is 1. The molecule has 2 aromatic carbocycles. The van der Waals surface area contributed by atoms with Crippen LogP contribution in [0.25, 0.3) is 0 Å². The van der Waals surface area contributed by atoms with Crippen LogP contribution in [0.5, 0.6) is 0 Å². The zero-order valence-corrected chi connectivity index (χ0v) is 15.7. The van der Waals surface area contributed by atoms with Crippen LogP contribution in [0.4, 0.5) is 0 Å². The van der Waals surface area contributed by atoms with Gasteiger partial charge in [0.1, 0.15) is 0 Å². The van der Waals surface area contributed by atoms with Crippen LogP contribution < -0.4 is 24.8 Å². The van der Waals surface area contributed by atoms with E-state index < -0.39 is 0 Å². The molecule has 2 aromatic rings. The van der Waals surface area contributed by atoms with Crippen molar-refractivity contribution in [1.29, 1.82) is 0 Å². The van der Waals surface area contributed by atoms with Crippen molar-refractivity contribution in [3.63, 3.8) is 0 Å². The fourth-order valence-electron chi connectivity index (χ4n) is 0.791. The van der Waals surface area contributed by atoms with Crippen LogP contribution in [-0.2, 0) is 26.2 Å². The largest absolute Gasteiger partial charge is 4.00 e. The summed E-state index contributed by atoms with van der Waals surface area (Å²) in [6.07, 6.45) is 0. The molecule has 0 aliphatic rings. The molecule has 0 spiro atoms. The van der Waals surface area contributed by atoms with E-state index in [2.05, 4.69) is 32.2 Å². The van der Waals surface area contributed by atoms with E-state index in [1.54, 1.807) is 0 Å². The topological polar surface area (TPSA) is 0 Å². The van der Waals surface area contributed by atoms with Gasteiger partial charge in [-0.15, -0.1) is 0 Å². The second kappa shape index (κ2) is 21.6. The minimum absolute atomic E-state index is 0. The third kappa shape index (κ3) is 22.1. The van der Waals surface area contributed by atoms with E-state index >= 15 is 0 Å². The molecule has 0 unspecified atom stereocenters. The van der Waals surface area contributed by atoms with Crippen molar-refractivity contribution in [1.82, 2.24) is 0 Å². The van der Waals surface area contributed by atoms with Crippen LogP contribution in [0, 0.1) is 6.92 Å². The van der Waals surface area contributed by atoms with Gasteiger partial charge in [-0.1, -0.05) is 20.0 Å². The van der Waals surface area contributed by atoms with E-state index in [4.69, 9.17) is 0 Å². The molecule has 0 saturated heterocycles. The number of hydrogen-bond acceptors (Lipinski definition) is 0. The Kier molecular flexibility index (Phi) is 33.2. The average molecular weight is 366 g/mol. The second-order valence-corrected chi connectivity index (χ2v) is 4.16. The Bertz CT molecular complexity index is 250. The Balaban J connectivity index is -0.0000000718. The quantitative estimate of drug-likeness (QED) is 0.362. The van der Waals surface area contributed by atoms with E-state index in [-0.39, 0.29) is 51.0 Å². The van der Waals surface area contributed by atoms with Gasteiger partial charge >= 0.3 is 26.2 Å². The smallest absolute Gasteiger partial charge is 1.00 e. The van der Waals surface area contributed by atoms with Crippen molar-refractivity contribution in [3.05, 3.63) is 60.2 Å². The van der Waals surface area contributed by atoms with Crippen molar-refractivity contribution in [2.45, 2.75) is 20.0 Å². The molecule has 2 rings (SSSR count). The summed E-state index contributed by atoms with van der Waals surface area (Å²) < 4.78 is 0. The minimum atomic E-state index is 0. The van der Waals surface area contributed by atoms with Crippen LogP contribution in [0.3, 0.4) is 0 Å². The Morgan fingerprint density at radius 3 is 1.35 bits per heavy atom. The maximum atomic E-state index is 2.21. The third-order valence-corrected chi connectivity index (χ3v) is 1.38. The fourth-order valence-corrected chi connectivity index (χ4v) is 0.791. The van der Waals surface area contributed by atoms with E-state index in [0.717, 1.165) is 9.52 Å². The number of rotatable bonds is 0. The van der Waals surface area contributed by atoms with Gasteiger partial charge in [0.05, 0.1) is 0 Å². The zero-order valence-electron chi connectivity index (χ0n) is 10.5. The summed E-state index contributed by atoms with van der Waals surface area (Å²) in [5.41, 5.74) is 1.34. The van der Waals surface area contributed by atoms with Gasteiger partial charge in [-0.3, -0.25) is 0 Å². The summed E-state index contributed by atoms with van der Waals surface area (Å²) in [6.45, 7) is 6.50. The first-order valence-corrected chi connectivity index (χ1v) is 7.21. The summed E-state index contributed by atoms with van der Waals surface area (Å²) in [7, 11) is 0.750. The molecule has 4 heteroatoms. The van der Waals surface area contributed by atoms with Gasteiger partial charge in [0.15, 0.2) is 0 Å². The predicted molar refractivity (Wildman–Crippen MR) is 67.7 cm³/mol. The Hall–Kier alpha value is 0.380. The molecule has 93 valence electrons. The third-order valence-electron chi connectivity index (χ3n) is 1.38. The monoisotopic (exact) mass is 363 g/mol. The Morgan fingerprint density at radius 2 is 1.24 bits per heavy atom. The Morgan fingerprint density at radius 1 is 0.882 bits per heavy atom. The standard InChI is InChI=1S/C6H7.C5H5.C2H7Si.2ClH.Zr/c1-6-4-2-3-5-6;1-2-4-5-3-1;1-3-2;;;/h2-5H,1H3;1-5H;3H,1-2H3;2*1H;/q2*-1;;;;+4/p-2. The van der Waals surface area contributed by atoms with Gasteiger partial charge in [0.25, 0.3) is 0 Å². The van der Waals surface area contributed by atoms with Crippen molar-refractivity contribution >= 4 is 9.52 Å². The molecule has 17 heavy (non-hydrogen) atoms. The number of hydrogen-bond donors (Lipinski definition) is 0. The molecule has 0 nitrogen and oxygen atoms in total. The first-order valence-electron chi connectivity index (χ1n) is 4.90. The summed E-state index contributed by atoms with van der Waals surface area (Å²) >= 11 is 0. The van der Waals surface area contributed by atoms with Crippen LogP contribution in [-0.4, -0.2) is 9.52 Å². The Labute approximate surface area is 140 Å².